The maximum atomic E-state index is 2.50. The first-order valence-electron chi connectivity index (χ1n) is 4.23. The molecule has 1 aliphatic carbocycles. The van der Waals surface area contributed by atoms with E-state index in [0.29, 0.717) is 0 Å². The Balaban J connectivity index is 2.11. The minimum absolute atomic E-state index is 0.865. The number of allylic oxidation sites excluding steroid dienone is 1. The van der Waals surface area contributed by atoms with Gasteiger partial charge in [0.15, 0.2) is 0 Å². The fraction of sp³-hybridized carbons (Fsp3) is 0.778. The lowest BCUT2D eigenvalue weighted by atomic mass is 9.85. The Labute approximate surface area is 62.7 Å². The Kier molecular flexibility index (Phi) is 1.53. The molecule has 2 bridgehead atoms. The highest BCUT2D eigenvalue weighted by Gasteiger charge is 2.25. The molecular weight excluding hydrogens is 122 g/mol. The number of hydrogen-bond donors (Lipinski definition) is 0. The molecule has 1 aliphatic heterocycles. The van der Waals surface area contributed by atoms with Crippen molar-refractivity contribution in [2.24, 2.45) is 5.92 Å². The normalized spacial score (nSPS) is 40.1. The lowest BCUT2D eigenvalue weighted by Crippen LogP contribution is -2.40. The molecule has 0 aromatic carbocycles. The molecule has 2 aliphatic rings. The molecule has 2 unspecified atom stereocenters. The van der Waals surface area contributed by atoms with Crippen LogP contribution in [0.15, 0.2) is 12.2 Å². The summed E-state index contributed by atoms with van der Waals surface area (Å²) in [5.74, 6) is 0.912. The highest BCUT2D eigenvalue weighted by molar-refractivity contribution is 5.01. The van der Waals surface area contributed by atoms with Crippen LogP contribution in [0.1, 0.15) is 19.3 Å². The molecule has 1 saturated heterocycles. The van der Waals surface area contributed by atoms with Gasteiger partial charge in [-0.25, -0.2) is 0 Å². The van der Waals surface area contributed by atoms with Crippen LogP contribution in [0.25, 0.3) is 0 Å². The molecule has 2 rings (SSSR count). The van der Waals surface area contributed by atoms with Crippen molar-refractivity contribution >= 4 is 0 Å². The van der Waals surface area contributed by atoms with E-state index in [4.69, 9.17) is 0 Å². The number of nitrogens with zero attached hydrogens (tertiary/aromatic N) is 1. The van der Waals surface area contributed by atoms with E-state index in [1.165, 1.54) is 25.8 Å². The van der Waals surface area contributed by atoms with E-state index in [2.05, 4.69) is 24.1 Å². The zero-order valence-electron chi connectivity index (χ0n) is 6.59. The van der Waals surface area contributed by atoms with Crippen LogP contribution in [0.2, 0.25) is 0 Å². The fourth-order valence-electron chi connectivity index (χ4n) is 2.08. The lowest BCUT2D eigenvalue weighted by molar-refractivity contribution is 0.153. The molecule has 1 fully saturated rings. The molecule has 0 amide bonds. The second-order valence-corrected chi connectivity index (χ2v) is 3.58. The van der Waals surface area contributed by atoms with Crippen molar-refractivity contribution < 1.29 is 0 Å². The first-order valence-corrected chi connectivity index (χ1v) is 4.23. The first-order chi connectivity index (χ1) is 4.86. The highest BCUT2D eigenvalue weighted by atomic mass is 15.1. The van der Waals surface area contributed by atoms with Gasteiger partial charge in [0.05, 0.1) is 0 Å². The lowest BCUT2D eigenvalue weighted by Gasteiger charge is -2.38. The zero-order chi connectivity index (χ0) is 6.97. The number of hydrogen-bond acceptors (Lipinski definition) is 1. The van der Waals surface area contributed by atoms with Gasteiger partial charge in [-0.2, -0.15) is 0 Å². The number of rotatable bonds is 0. The van der Waals surface area contributed by atoms with Gasteiger partial charge in [-0.1, -0.05) is 12.2 Å². The molecule has 56 valence electrons. The van der Waals surface area contributed by atoms with Gasteiger partial charge in [0.1, 0.15) is 0 Å². The first kappa shape index (κ1) is 6.41. The summed E-state index contributed by atoms with van der Waals surface area (Å²) in [6.45, 7) is 1.31. The van der Waals surface area contributed by atoms with Gasteiger partial charge in [0.25, 0.3) is 0 Å². The van der Waals surface area contributed by atoms with Crippen molar-refractivity contribution in [3.8, 4) is 0 Å². The van der Waals surface area contributed by atoms with Crippen molar-refractivity contribution in [3.63, 3.8) is 0 Å². The van der Waals surface area contributed by atoms with E-state index in [1.54, 1.807) is 0 Å². The molecule has 2 atom stereocenters. The zero-order valence-corrected chi connectivity index (χ0v) is 6.59. The predicted octanol–water partition coefficient (Wildman–Crippen LogP) is 1.66. The van der Waals surface area contributed by atoms with E-state index in [9.17, 15) is 0 Å². The van der Waals surface area contributed by atoms with Gasteiger partial charge in [-0.3, -0.25) is 0 Å². The summed E-state index contributed by atoms with van der Waals surface area (Å²) < 4.78 is 0. The topological polar surface area (TPSA) is 3.24 Å². The van der Waals surface area contributed by atoms with Gasteiger partial charge in [0.2, 0.25) is 0 Å². The van der Waals surface area contributed by atoms with Gasteiger partial charge < -0.3 is 4.90 Å². The molecule has 1 nitrogen and oxygen atoms in total. The van der Waals surface area contributed by atoms with Crippen LogP contribution in [0.4, 0.5) is 0 Å². The number of piperidine rings is 1. The molecule has 0 N–H and O–H groups in total. The summed E-state index contributed by atoms with van der Waals surface area (Å²) in [6, 6.07) is 0.865. The van der Waals surface area contributed by atoms with Crippen molar-refractivity contribution in [1.29, 1.82) is 0 Å². The van der Waals surface area contributed by atoms with Crippen LogP contribution in [0.5, 0.6) is 0 Å². The summed E-state index contributed by atoms with van der Waals surface area (Å²) in [5, 5.41) is 0. The Morgan fingerprint density at radius 1 is 1.50 bits per heavy atom. The molecule has 0 saturated carbocycles. The molecular formula is C9H15N. The third-order valence-corrected chi connectivity index (χ3v) is 2.87. The third kappa shape index (κ3) is 0.988. The summed E-state index contributed by atoms with van der Waals surface area (Å²) in [4.78, 5) is 2.50. The molecule has 0 radical (unpaired) electrons. The monoisotopic (exact) mass is 137 g/mol. The average molecular weight is 137 g/mol. The number of fused-ring (bicyclic) bond motifs is 2. The van der Waals surface area contributed by atoms with Gasteiger partial charge in [0, 0.05) is 6.04 Å². The predicted molar refractivity (Wildman–Crippen MR) is 42.9 cm³/mol. The minimum atomic E-state index is 0.865. The summed E-state index contributed by atoms with van der Waals surface area (Å²) in [6.07, 6.45) is 8.83. The maximum absolute atomic E-state index is 2.50. The minimum Gasteiger partial charge on any atom is -0.303 e. The van der Waals surface area contributed by atoms with Gasteiger partial charge >= 0.3 is 0 Å². The molecule has 0 spiro atoms. The van der Waals surface area contributed by atoms with E-state index in [-0.39, 0.29) is 0 Å². The molecule has 0 aromatic heterocycles. The third-order valence-electron chi connectivity index (χ3n) is 2.87. The standard InChI is InChI=1S/C9H15N/c1-10-6-5-8-3-2-4-9(10)7-8/h2-3,8-9H,4-7H2,1H3. The summed E-state index contributed by atoms with van der Waals surface area (Å²) in [5.41, 5.74) is 0. The Hall–Kier alpha value is -0.300. The van der Waals surface area contributed by atoms with E-state index in [0.717, 1.165) is 12.0 Å². The Morgan fingerprint density at radius 2 is 2.40 bits per heavy atom. The van der Waals surface area contributed by atoms with Gasteiger partial charge in [-0.05, 0) is 38.8 Å². The molecule has 0 aromatic rings. The number of likely N-dealkylation sites (tertiary alicyclic amines) is 1. The Morgan fingerprint density at radius 3 is 3.20 bits per heavy atom. The SMILES string of the molecule is CN1CCC2C=CCC1C2. The highest BCUT2D eigenvalue weighted by Crippen LogP contribution is 2.28. The summed E-state index contributed by atoms with van der Waals surface area (Å²) >= 11 is 0. The Bertz CT molecular complexity index is 151. The quantitative estimate of drug-likeness (QED) is 0.459. The van der Waals surface area contributed by atoms with E-state index >= 15 is 0 Å². The van der Waals surface area contributed by atoms with E-state index < -0.39 is 0 Å². The molecule has 10 heavy (non-hydrogen) atoms. The van der Waals surface area contributed by atoms with Crippen molar-refractivity contribution in [2.45, 2.75) is 25.3 Å². The van der Waals surface area contributed by atoms with Crippen LogP contribution >= 0.6 is 0 Å². The van der Waals surface area contributed by atoms with Crippen LogP contribution in [-0.2, 0) is 0 Å². The van der Waals surface area contributed by atoms with Crippen LogP contribution in [-0.4, -0.2) is 24.5 Å². The fourth-order valence-corrected chi connectivity index (χ4v) is 2.08. The smallest absolute Gasteiger partial charge is 0.0132 e. The second-order valence-electron chi connectivity index (χ2n) is 3.58. The second kappa shape index (κ2) is 2.39. The summed E-state index contributed by atoms with van der Waals surface area (Å²) in [7, 11) is 2.25. The average Bonchev–Trinajstić information content (AvgIpc) is 1.99. The molecule has 1 heterocycles. The van der Waals surface area contributed by atoms with Crippen molar-refractivity contribution in [2.75, 3.05) is 13.6 Å². The maximum Gasteiger partial charge on any atom is 0.0132 e. The van der Waals surface area contributed by atoms with Crippen molar-refractivity contribution in [3.05, 3.63) is 12.2 Å². The van der Waals surface area contributed by atoms with E-state index in [1.807, 2.05) is 0 Å². The van der Waals surface area contributed by atoms with Gasteiger partial charge in [-0.15, -0.1) is 0 Å². The molecule has 1 heteroatoms. The largest absolute Gasteiger partial charge is 0.303 e. The van der Waals surface area contributed by atoms with Crippen LogP contribution < -0.4 is 0 Å². The van der Waals surface area contributed by atoms with Crippen molar-refractivity contribution in [1.82, 2.24) is 4.90 Å². The van der Waals surface area contributed by atoms with Crippen LogP contribution in [0.3, 0.4) is 0 Å². The van der Waals surface area contributed by atoms with Crippen LogP contribution in [0, 0.1) is 5.92 Å².